The van der Waals surface area contributed by atoms with E-state index in [1.54, 1.807) is 20.8 Å². The maximum Gasteiger partial charge on any atom is 0.203 e. The van der Waals surface area contributed by atoms with Crippen LogP contribution in [0.4, 0.5) is 0 Å². The number of ketones is 3. The number of phenolic OH excluding ortho intramolecular Hbond substituents is 1. The number of aliphatic hydroxyl groups excluding tert-OH is 2. The van der Waals surface area contributed by atoms with Crippen molar-refractivity contribution in [3.63, 3.8) is 0 Å². The fourth-order valence-corrected chi connectivity index (χ4v) is 7.54. The Labute approximate surface area is 217 Å². The second-order valence-electron chi connectivity index (χ2n) is 13.2. The summed E-state index contributed by atoms with van der Waals surface area (Å²) in [6, 6.07) is 1.90. The predicted octanol–water partition coefficient (Wildman–Crippen LogP) is 4.80. The van der Waals surface area contributed by atoms with E-state index in [1.807, 2.05) is 40.7 Å². The van der Waals surface area contributed by atoms with Crippen LogP contribution in [0.15, 0.2) is 23.0 Å². The Hall–Kier alpha value is -2.93. The summed E-state index contributed by atoms with van der Waals surface area (Å²) in [5.41, 5.74) is -3.86. The van der Waals surface area contributed by atoms with E-state index in [1.165, 1.54) is 0 Å². The maximum atomic E-state index is 14.3. The highest BCUT2D eigenvalue weighted by atomic mass is 16.3. The monoisotopic (exact) mass is 510 g/mol. The van der Waals surface area contributed by atoms with E-state index in [0.29, 0.717) is 11.1 Å². The van der Waals surface area contributed by atoms with Crippen LogP contribution in [0.25, 0.3) is 5.76 Å². The van der Waals surface area contributed by atoms with Crippen LogP contribution in [0, 0.1) is 29.6 Å². The zero-order valence-corrected chi connectivity index (χ0v) is 23.2. The Kier molecular flexibility index (Phi) is 5.71. The van der Waals surface area contributed by atoms with E-state index in [4.69, 9.17) is 0 Å². The minimum Gasteiger partial charge on any atom is -0.508 e. The molecule has 0 aliphatic heterocycles. The van der Waals surface area contributed by atoms with Gasteiger partial charge < -0.3 is 20.4 Å². The fraction of sp³-hybridized carbons (Fsp3) is 0.567. The lowest BCUT2D eigenvalue weighted by molar-refractivity contribution is -0.178. The molecule has 7 nitrogen and oxygen atoms in total. The molecule has 1 saturated carbocycles. The zero-order chi connectivity index (χ0) is 28.2. The highest BCUT2D eigenvalue weighted by molar-refractivity contribution is 6.24. The first kappa shape index (κ1) is 27.1. The Morgan fingerprint density at radius 2 is 1.68 bits per heavy atom. The molecule has 4 N–H and O–H groups in total. The van der Waals surface area contributed by atoms with Gasteiger partial charge in [0.2, 0.25) is 5.78 Å². The molecule has 1 fully saturated rings. The summed E-state index contributed by atoms with van der Waals surface area (Å²) in [7, 11) is 0. The number of aliphatic hydroxyl groups is 3. The Morgan fingerprint density at radius 1 is 1.11 bits per heavy atom. The molecule has 0 radical (unpaired) electrons. The van der Waals surface area contributed by atoms with Crippen molar-refractivity contribution in [2.24, 2.45) is 22.7 Å². The van der Waals surface area contributed by atoms with Gasteiger partial charge in [0.05, 0.1) is 5.56 Å². The molecule has 1 aromatic carbocycles. The van der Waals surface area contributed by atoms with Crippen LogP contribution >= 0.6 is 0 Å². The van der Waals surface area contributed by atoms with Gasteiger partial charge in [-0.1, -0.05) is 54.5 Å². The summed E-state index contributed by atoms with van der Waals surface area (Å²) < 4.78 is 0. The third-order valence-corrected chi connectivity index (χ3v) is 9.04. The summed E-state index contributed by atoms with van der Waals surface area (Å²) in [5, 5.41) is 46.2. The molecule has 1 aromatic rings. The van der Waals surface area contributed by atoms with Gasteiger partial charge in [0, 0.05) is 27.9 Å². The molecular weight excluding hydrogens is 472 g/mol. The molecule has 0 aromatic heterocycles. The van der Waals surface area contributed by atoms with Gasteiger partial charge in [-0.25, -0.2) is 0 Å². The maximum absolute atomic E-state index is 14.3. The molecule has 0 saturated heterocycles. The second kappa shape index (κ2) is 7.79. The Balaban J connectivity index is 2.11. The van der Waals surface area contributed by atoms with Gasteiger partial charge in [-0.05, 0) is 49.1 Å². The summed E-state index contributed by atoms with van der Waals surface area (Å²) >= 11 is 0. The highest BCUT2D eigenvalue weighted by Gasteiger charge is 2.72. The number of benzene rings is 1. The minimum absolute atomic E-state index is 0.0894. The third-order valence-electron chi connectivity index (χ3n) is 9.04. The van der Waals surface area contributed by atoms with Crippen LogP contribution in [-0.2, 0) is 26.2 Å². The average Bonchev–Trinajstić information content (AvgIpc) is 2.71. The molecule has 3 aliphatic carbocycles. The summed E-state index contributed by atoms with van der Waals surface area (Å²) in [4.78, 5) is 40.3. The SMILES string of the molecule is CC(=O)C1=C(O)[C@]2(O)C(=O)C3=C(O)c4c(O)c(C(C)(C)C)cc(C)c4C[C@]3(C)C[C@]2(C)C(C(C)C)C1=O. The Morgan fingerprint density at radius 3 is 2.16 bits per heavy atom. The summed E-state index contributed by atoms with van der Waals surface area (Å²) in [6.45, 7) is 15.8. The van der Waals surface area contributed by atoms with E-state index >= 15 is 0 Å². The number of carbonyl (C=O) groups excluding carboxylic acids is 3. The first-order valence-corrected chi connectivity index (χ1v) is 12.8. The number of rotatable bonds is 2. The normalized spacial score (nSPS) is 31.9. The molecule has 4 atom stereocenters. The molecule has 0 spiro atoms. The molecule has 0 amide bonds. The van der Waals surface area contributed by atoms with Gasteiger partial charge in [-0.15, -0.1) is 0 Å². The molecule has 37 heavy (non-hydrogen) atoms. The molecule has 1 unspecified atom stereocenters. The molecule has 0 heterocycles. The molecule has 3 aliphatic rings. The van der Waals surface area contributed by atoms with Crippen LogP contribution in [0.1, 0.15) is 84.1 Å². The van der Waals surface area contributed by atoms with Crippen LogP contribution in [0.3, 0.4) is 0 Å². The smallest absolute Gasteiger partial charge is 0.203 e. The molecular formula is C30H38O7. The van der Waals surface area contributed by atoms with Crippen molar-refractivity contribution < 1.29 is 34.8 Å². The number of fused-ring (bicyclic) bond motifs is 3. The van der Waals surface area contributed by atoms with E-state index in [0.717, 1.165) is 12.5 Å². The van der Waals surface area contributed by atoms with Crippen LogP contribution in [-0.4, -0.2) is 43.4 Å². The van der Waals surface area contributed by atoms with Crippen LogP contribution in [0.2, 0.25) is 0 Å². The van der Waals surface area contributed by atoms with Crippen molar-refractivity contribution in [1.82, 2.24) is 0 Å². The van der Waals surface area contributed by atoms with Crippen molar-refractivity contribution in [1.29, 1.82) is 0 Å². The average molecular weight is 511 g/mol. The lowest BCUT2D eigenvalue weighted by atomic mass is 9.43. The van der Waals surface area contributed by atoms with Crippen molar-refractivity contribution in [2.45, 2.75) is 86.2 Å². The zero-order valence-electron chi connectivity index (χ0n) is 23.2. The molecule has 0 bridgehead atoms. The molecule has 200 valence electrons. The first-order valence-electron chi connectivity index (χ1n) is 12.8. The quantitative estimate of drug-likeness (QED) is 0.420. The number of hydrogen-bond donors (Lipinski definition) is 4. The van der Waals surface area contributed by atoms with Crippen LogP contribution < -0.4 is 0 Å². The number of allylic oxidation sites excluding steroid dienone is 1. The van der Waals surface area contributed by atoms with Crippen molar-refractivity contribution in [3.05, 3.63) is 45.2 Å². The largest absolute Gasteiger partial charge is 0.508 e. The van der Waals surface area contributed by atoms with Crippen molar-refractivity contribution in [3.8, 4) is 5.75 Å². The first-order chi connectivity index (χ1) is 16.8. The Bertz CT molecular complexity index is 1340. The molecule has 7 heteroatoms. The third kappa shape index (κ3) is 3.25. The number of aryl methyl sites for hydroxylation is 1. The number of hydrogen-bond acceptors (Lipinski definition) is 7. The standard InChI is InChI=1S/C30H38O7/c1-13(2)20-23(33)18(15(4)31)25(35)30(37)26(36)21-24(34)19-16(11-28(21,8)12-29(20,30)9)14(3)10-17(22(19)32)27(5,6)7/h10,13,20,32,34-35,37H,11-12H2,1-9H3/t20?,28-,29-,30+/m1/s1. The van der Waals surface area contributed by atoms with Crippen molar-refractivity contribution in [2.75, 3.05) is 0 Å². The van der Waals surface area contributed by atoms with Gasteiger partial charge in [0.25, 0.3) is 0 Å². The highest BCUT2D eigenvalue weighted by Crippen LogP contribution is 2.65. The number of aromatic hydroxyl groups is 1. The van der Waals surface area contributed by atoms with E-state index in [-0.39, 0.29) is 35.6 Å². The van der Waals surface area contributed by atoms with Gasteiger partial charge in [0.1, 0.15) is 22.8 Å². The van der Waals surface area contributed by atoms with E-state index in [9.17, 15) is 34.8 Å². The fourth-order valence-electron chi connectivity index (χ4n) is 7.54. The lowest BCUT2D eigenvalue weighted by Crippen LogP contribution is -2.69. The summed E-state index contributed by atoms with van der Waals surface area (Å²) in [6.07, 6.45) is 0.373. The topological polar surface area (TPSA) is 132 Å². The van der Waals surface area contributed by atoms with Crippen molar-refractivity contribution >= 4 is 23.1 Å². The predicted molar refractivity (Wildman–Crippen MR) is 139 cm³/mol. The van der Waals surface area contributed by atoms with Crippen LogP contribution in [0.5, 0.6) is 5.75 Å². The minimum atomic E-state index is -2.59. The van der Waals surface area contributed by atoms with Gasteiger partial charge in [-0.3, -0.25) is 14.4 Å². The second-order valence-corrected chi connectivity index (χ2v) is 13.2. The van der Waals surface area contributed by atoms with E-state index < -0.39 is 62.2 Å². The van der Waals surface area contributed by atoms with Gasteiger partial charge in [-0.2, -0.15) is 0 Å². The number of phenols is 1. The number of Topliss-reactive ketones (excluding diaryl/α,β-unsaturated/α-hetero) is 3. The van der Waals surface area contributed by atoms with E-state index in [2.05, 4.69) is 0 Å². The number of carbonyl (C=O) groups is 3. The lowest BCUT2D eigenvalue weighted by Gasteiger charge is -2.59. The van der Waals surface area contributed by atoms with Gasteiger partial charge >= 0.3 is 0 Å². The molecule has 4 rings (SSSR count). The summed E-state index contributed by atoms with van der Waals surface area (Å²) in [5.74, 6) is -5.05. The van der Waals surface area contributed by atoms with Gasteiger partial charge in [0.15, 0.2) is 17.2 Å².